The van der Waals surface area contributed by atoms with Crippen molar-refractivity contribution >= 4 is 5.97 Å². The lowest BCUT2D eigenvalue weighted by atomic mass is 9.93. The van der Waals surface area contributed by atoms with Gasteiger partial charge < -0.3 is 10.5 Å². The van der Waals surface area contributed by atoms with Crippen molar-refractivity contribution in [1.29, 1.82) is 0 Å². The number of hydrogen-bond acceptors (Lipinski definition) is 5. The average Bonchev–Trinajstić information content (AvgIpc) is 3.24. The van der Waals surface area contributed by atoms with Crippen LogP contribution in [0.5, 0.6) is 0 Å². The molecule has 5 nitrogen and oxygen atoms in total. The van der Waals surface area contributed by atoms with Crippen molar-refractivity contribution in [3.8, 4) is 0 Å². The molecule has 2 saturated heterocycles. The summed E-state index contributed by atoms with van der Waals surface area (Å²) in [5, 5.41) is 0. The van der Waals surface area contributed by atoms with Gasteiger partial charge in [0.2, 0.25) is 0 Å². The van der Waals surface area contributed by atoms with Crippen molar-refractivity contribution in [3.63, 3.8) is 0 Å². The normalized spacial score (nSPS) is 31.4. The summed E-state index contributed by atoms with van der Waals surface area (Å²) in [5.41, 5.74) is 5.66. The molecule has 3 aliphatic rings. The molecule has 3 fully saturated rings. The molecule has 1 saturated carbocycles. The summed E-state index contributed by atoms with van der Waals surface area (Å²) in [5.74, 6) is 0.0883. The van der Waals surface area contributed by atoms with Gasteiger partial charge in [0.15, 0.2) is 0 Å². The first-order valence-corrected chi connectivity index (χ1v) is 7.97. The monoisotopic (exact) mass is 281 g/mol. The van der Waals surface area contributed by atoms with E-state index >= 15 is 0 Å². The van der Waals surface area contributed by atoms with E-state index in [-0.39, 0.29) is 5.97 Å². The number of nitrogens with two attached hydrogens (primary N) is 1. The molecule has 2 heterocycles. The van der Waals surface area contributed by atoms with Crippen LogP contribution in [0.4, 0.5) is 0 Å². The second kappa shape index (κ2) is 5.62. The van der Waals surface area contributed by atoms with Gasteiger partial charge in [-0.1, -0.05) is 0 Å². The molecule has 3 rings (SSSR count). The molecule has 0 aromatic heterocycles. The number of nitrogens with zero attached hydrogens (tertiary/aromatic N) is 2. The number of methoxy groups -OCH3 is 1. The van der Waals surface area contributed by atoms with Crippen LogP contribution in [0, 0.1) is 5.92 Å². The van der Waals surface area contributed by atoms with Crippen LogP contribution in [-0.2, 0) is 9.53 Å². The predicted molar refractivity (Wildman–Crippen MR) is 77.3 cm³/mol. The molecule has 20 heavy (non-hydrogen) atoms. The highest BCUT2D eigenvalue weighted by Crippen LogP contribution is 2.39. The van der Waals surface area contributed by atoms with E-state index in [1.165, 1.54) is 39.5 Å². The summed E-state index contributed by atoms with van der Waals surface area (Å²) in [6.45, 7) is 5.21. The zero-order valence-electron chi connectivity index (χ0n) is 12.5. The van der Waals surface area contributed by atoms with E-state index in [1.54, 1.807) is 0 Å². The second-order valence-corrected chi connectivity index (χ2v) is 6.73. The van der Waals surface area contributed by atoms with E-state index < -0.39 is 5.54 Å². The highest BCUT2D eigenvalue weighted by molar-refractivity contribution is 5.81. The molecular formula is C15H27N3O2. The third kappa shape index (κ3) is 2.71. The lowest BCUT2D eigenvalue weighted by molar-refractivity contribution is -0.149. The maximum Gasteiger partial charge on any atom is 0.327 e. The van der Waals surface area contributed by atoms with Gasteiger partial charge in [0.25, 0.3) is 0 Å². The van der Waals surface area contributed by atoms with Crippen LogP contribution in [0.25, 0.3) is 0 Å². The zero-order chi connectivity index (χ0) is 14.2. The Morgan fingerprint density at radius 2 is 2.00 bits per heavy atom. The Kier molecular flexibility index (Phi) is 4.02. The molecule has 114 valence electrons. The molecule has 0 bridgehead atoms. The summed E-state index contributed by atoms with van der Waals surface area (Å²) >= 11 is 0. The summed E-state index contributed by atoms with van der Waals surface area (Å²) in [6, 6.07) is 0.665. The summed E-state index contributed by atoms with van der Waals surface area (Å²) in [6.07, 6.45) is 5.91. The SMILES string of the molecule is COC(=O)C(N)(CN1CCCN2CCCC2C1)C1CC1. The highest BCUT2D eigenvalue weighted by atomic mass is 16.5. The molecule has 2 unspecified atom stereocenters. The highest BCUT2D eigenvalue weighted by Gasteiger charge is 2.50. The minimum Gasteiger partial charge on any atom is -0.468 e. The topological polar surface area (TPSA) is 58.8 Å². The van der Waals surface area contributed by atoms with Gasteiger partial charge in [-0.2, -0.15) is 0 Å². The largest absolute Gasteiger partial charge is 0.468 e. The van der Waals surface area contributed by atoms with Gasteiger partial charge in [-0.15, -0.1) is 0 Å². The Balaban J connectivity index is 1.67. The van der Waals surface area contributed by atoms with Crippen molar-refractivity contribution in [1.82, 2.24) is 9.80 Å². The molecule has 5 heteroatoms. The molecule has 0 radical (unpaired) electrons. The maximum atomic E-state index is 12.1. The molecule has 2 aliphatic heterocycles. The first-order valence-electron chi connectivity index (χ1n) is 7.97. The Morgan fingerprint density at radius 3 is 2.70 bits per heavy atom. The molecule has 2 atom stereocenters. The Bertz CT molecular complexity index is 372. The number of ether oxygens (including phenoxy) is 1. The molecule has 2 N–H and O–H groups in total. The van der Waals surface area contributed by atoms with Gasteiger partial charge in [-0.05, 0) is 57.7 Å². The number of carbonyl (C=O) groups excluding carboxylic acids is 1. The first-order chi connectivity index (χ1) is 9.63. The fraction of sp³-hybridized carbons (Fsp3) is 0.933. The van der Waals surface area contributed by atoms with Gasteiger partial charge in [0.05, 0.1) is 7.11 Å². The average molecular weight is 281 g/mol. The van der Waals surface area contributed by atoms with Gasteiger partial charge >= 0.3 is 5.97 Å². The fourth-order valence-corrected chi connectivity index (χ4v) is 3.95. The Hall–Kier alpha value is -0.650. The molecule has 1 aliphatic carbocycles. The van der Waals surface area contributed by atoms with E-state index in [1.807, 2.05) is 0 Å². The van der Waals surface area contributed by atoms with Crippen molar-refractivity contribution in [3.05, 3.63) is 0 Å². The number of hydrogen-bond donors (Lipinski definition) is 1. The van der Waals surface area contributed by atoms with Gasteiger partial charge in [-0.25, -0.2) is 0 Å². The van der Waals surface area contributed by atoms with Crippen LogP contribution in [-0.4, -0.2) is 67.2 Å². The molecule has 0 aromatic carbocycles. The lowest BCUT2D eigenvalue weighted by Gasteiger charge is -2.34. The van der Waals surface area contributed by atoms with Crippen LogP contribution in [0.3, 0.4) is 0 Å². The Morgan fingerprint density at radius 1 is 1.25 bits per heavy atom. The van der Waals surface area contributed by atoms with Crippen LogP contribution in [0.2, 0.25) is 0 Å². The van der Waals surface area contributed by atoms with Gasteiger partial charge in [0.1, 0.15) is 5.54 Å². The minimum atomic E-state index is -0.789. The van der Waals surface area contributed by atoms with E-state index in [2.05, 4.69) is 9.80 Å². The van der Waals surface area contributed by atoms with Crippen LogP contribution < -0.4 is 5.73 Å². The fourth-order valence-electron chi connectivity index (χ4n) is 3.95. The second-order valence-electron chi connectivity index (χ2n) is 6.73. The van der Waals surface area contributed by atoms with E-state index in [4.69, 9.17) is 10.5 Å². The third-order valence-corrected chi connectivity index (χ3v) is 5.24. The van der Waals surface area contributed by atoms with Crippen LogP contribution in [0.1, 0.15) is 32.1 Å². The van der Waals surface area contributed by atoms with Gasteiger partial charge in [-0.3, -0.25) is 14.6 Å². The third-order valence-electron chi connectivity index (χ3n) is 5.24. The van der Waals surface area contributed by atoms with Crippen LogP contribution >= 0.6 is 0 Å². The van der Waals surface area contributed by atoms with E-state index in [0.29, 0.717) is 18.5 Å². The van der Waals surface area contributed by atoms with Crippen molar-refractivity contribution in [2.75, 3.05) is 39.8 Å². The molecule has 0 amide bonds. The summed E-state index contributed by atoms with van der Waals surface area (Å²) < 4.78 is 4.98. The Labute approximate surface area is 121 Å². The molecule has 0 aromatic rings. The lowest BCUT2D eigenvalue weighted by Crippen LogP contribution is -2.59. The van der Waals surface area contributed by atoms with E-state index in [0.717, 1.165) is 25.9 Å². The summed E-state index contributed by atoms with van der Waals surface area (Å²) in [4.78, 5) is 17.1. The van der Waals surface area contributed by atoms with Gasteiger partial charge in [0, 0.05) is 19.1 Å². The number of carbonyl (C=O) groups is 1. The minimum absolute atomic E-state index is 0.229. The number of rotatable bonds is 4. The van der Waals surface area contributed by atoms with Crippen molar-refractivity contribution in [2.24, 2.45) is 11.7 Å². The summed E-state index contributed by atoms with van der Waals surface area (Å²) in [7, 11) is 1.45. The first kappa shape index (κ1) is 14.3. The van der Waals surface area contributed by atoms with E-state index in [9.17, 15) is 4.79 Å². The predicted octanol–water partition coefficient (Wildman–Crippen LogP) is 0.437. The zero-order valence-corrected chi connectivity index (χ0v) is 12.5. The molecular weight excluding hydrogens is 254 g/mol. The van der Waals surface area contributed by atoms with Crippen molar-refractivity contribution < 1.29 is 9.53 Å². The quantitative estimate of drug-likeness (QED) is 0.758. The number of esters is 1. The standard InChI is InChI=1S/C15H27N3O2/c1-20-14(19)15(16,12-5-6-12)11-17-7-3-9-18-8-2-4-13(18)10-17/h12-13H,2-11,16H2,1H3. The van der Waals surface area contributed by atoms with Crippen LogP contribution in [0.15, 0.2) is 0 Å². The van der Waals surface area contributed by atoms with Crippen molar-refractivity contribution in [2.45, 2.75) is 43.7 Å². The maximum absolute atomic E-state index is 12.1. The number of fused-ring (bicyclic) bond motifs is 1. The molecule has 0 spiro atoms. The smallest absolute Gasteiger partial charge is 0.327 e.